The first kappa shape index (κ1) is 47.8. The molecule has 0 aromatic carbocycles. The maximum absolute atomic E-state index is 12.8. The van der Waals surface area contributed by atoms with Crippen molar-refractivity contribution in [3.8, 4) is 0 Å². The van der Waals surface area contributed by atoms with Crippen LogP contribution in [0.2, 0.25) is 0 Å². The normalized spacial score (nSPS) is 14.3. The highest BCUT2D eigenvalue weighted by Gasteiger charge is 2.15. The third kappa shape index (κ3) is 32.0. The van der Waals surface area contributed by atoms with Crippen molar-refractivity contribution >= 4 is 11.9 Å². The van der Waals surface area contributed by atoms with E-state index in [0.717, 1.165) is 104 Å². The molecule has 51 heavy (non-hydrogen) atoms. The average Bonchev–Trinajstić information content (AvgIpc) is 3.14. The van der Waals surface area contributed by atoms with Crippen molar-refractivity contribution in [1.29, 1.82) is 0 Å². The van der Waals surface area contributed by atoms with Crippen molar-refractivity contribution < 1.29 is 23.8 Å². The van der Waals surface area contributed by atoms with Gasteiger partial charge in [0.25, 0.3) is 0 Å². The van der Waals surface area contributed by atoms with Gasteiger partial charge in [-0.1, -0.05) is 136 Å². The molecule has 0 aromatic rings. The second-order valence-corrected chi connectivity index (χ2v) is 15.5. The molecule has 0 spiro atoms. The molecule has 1 atom stereocenters. The van der Waals surface area contributed by atoms with Gasteiger partial charge in [0.2, 0.25) is 0 Å². The molecule has 1 heterocycles. The van der Waals surface area contributed by atoms with E-state index in [2.05, 4.69) is 30.6 Å². The SMILES string of the molecule is CCCCCCCCC(CCCCCCC)OC(=O)CCCCCCCN(CCCCCCCC(=O)OCCCCCC)CCN1CCOCC1. The molecule has 0 aromatic heterocycles. The minimum Gasteiger partial charge on any atom is -0.466 e. The summed E-state index contributed by atoms with van der Waals surface area (Å²) in [6.45, 7) is 15.7. The summed E-state index contributed by atoms with van der Waals surface area (Å²) in [5.41, 5.74) is 0. The molecular weight excluding hydrogens is 636 g/mol. The fraction of sp³-hybridized carbons (Fsp3) is 0.955. The number of unbranched alkanes of at least 4 members (excludes halogenated alkanes) is 20. The Morgan fingerprint density at radius 1 is 0.549 bits per heavy atom. The van der Waals surface area contributed by atoms with E-state index in [-0.39, 0.29) is 18.0 Å². The van der Waals surface area contributed by atoms with Crippen molar-refractivity contribution in [3.05, 3.63) is 0 Å². The minimum atomic E-state index is -0.0170. The summed E-state index contributed by atoms with van der Waals surface area (Å²) in [6.07, 6.45) is 33.5. The van der Waals surface area contributed by atoms with Gasteiger partial charge in [0, 0.05) is 39.0 Å². The van der Waals surface area contributed by atoms with E-state index >= 15 is 0 Å². The number of morpholine rings is 1. The summed E-state index contributed by atoms with van der Waals surface area (Å²) in [4.78, 5) is 29.9. The highest BCUT2D eigenvalue weighted by Crippen LogP contribution is 2.18. The third-order valence-corrected chi connectivity index (χ3v) is 10.6. The molecule has 1 fully saturated rings. The van der Waals surface area contributed by atoms with Crippen LogP contribution in [0.15, 0.2) is 0 Å². The second-order valence-electron chi connectivity index (χ2n) is 15.5. The molecule has 1 unspecified atom stereocenters. The van der Waals surface area contributed by atoms with Gasteiger partial charge in [-0.15, -0.1) is 0 Å². The first-order valence-corrected chi connectivity index (χ1v) is 22.5. The van der Waals surface area contributed by atoms with E-state index < -0.39 is 0 Å². The molecule has 0 saturated carbocycles. The molecule has 302 valence electrons. The van der Waals surface area contributed by atoms with Crippen LogP contribution in [0.1, 0.15) is 207 Å². The Labute approximate surface area is 317 Å². The van der Waals surface area contributed by atoms with E-state index in [4.69, 9.17) is 14.2 Å². The summed E-state index contributed by atoms with van der Waals surface area (Å²) in [6, 6.07) is 0. The number of hydrogen-bond donors (Lipinski definition) is 0. The number of ether oxygens (including phenoxy) is 3. The van der Waals surface area contributed by atoms with Crippen LogP contribution in [-0.4, -0.2) is 86.9 Å². The lowest BCUT2D eigenvalue weighted by molar-refractivity contribution is -0.150. The van der Waals surface area contributed by atoms with Crippen LogP contribution in [0.25, 0.3) is 0 Å². The monoisotopic (exact) mass is 723 g/mol. The van der Waals surface area contributed by atoms with Gasteiger partial charge in [0.1, 0.15) is 6.10 Å². The minimum absolute atomic E-state index is 0.0170. The van der Waals surface area contributed by atoms with Crippen molar-refractivity contribution in [2.45, 2.75) is 213 Å². The summed E-state index contributed by atoms with van der Waals surface area (Å²) in [7, 11) is 0. The Balaban J connectivity index is 2.25. The van der Waals surface area contributed by atoms with Gasteiger partial charge >= 0.3 is 11.9 Å². The van der Waals surface area contributed by atoms with Crippen molar-refractivity contribution in [3.63, 3.8) is 0 Å². The molecule has 7 heteroatoms. The predicted octanol–water partition coefficient (Wildman–Crippen LogP) is 11.4. The molecule has 0 N–H and O–H groups in total. The van der Waals surface area contributed by atoms with Crippen LogP contribution in [0, 0.1) is 0 Å². The highest BCUT2D eigenvalue weighted by molar-refractivity contribution is 5.69. The van der Waals surface area contributed by atoms with E-state index in [1.54, 1.807) is 0 Å². The van der Waals surface area contributed by atoms with Crippen LogP contribution < -0.4 is 0 Å². The van der Waals surface area contributed by atoms with Gasteiger partial charge in [-0.05, 0) is 70.9 Å². The van der Waals surface area contributed by atoms with E-state index in [1.165, 1.54) is 122 Å². The molecule has 0 aliphatic carbocycles. The van der Waals surface area contributed by atoms with Crippen LogP contribution in [0.4, 0.5) is 0 Å². The average molecular weight is 723 g/mol. The predicted molar refractivity (Wildman–Crippen MR) is 215 cm³/mol. The van der Waals surface area contributed by atoms with Crippen LogP contribution >= 0.6 is 0 Å². The molecule has 0 radical (unpaired) electrons. The Bertz CT molecular complexity index is 760. The van der Waals surface area contributed by atoms with Gasteiger partial charge in [-0.3, -0.25) is 14.5 Å². The lowest BCUT2D eigenvalue weighted by atomic mass is 10.0. The maximum Gasteiger partial charge on any atom is 0.306 e. The smallest absolute Gasteiger partial charge is 0.306 e. The molecule has 7 nitrogen and oxygen atoms in total. The molecule has 0 bridgehead atoms. The largest absolute Gasteiger partial charge is 0.466 e. The Morgan fingerprint density at radius 3 is 1.55 bits per heavy atom. The van der Waals surface area contributed by atoms with Gasteiger partial charge in [-0.25, -0.2) is 0 Å². The summed E-state index contributed by atoms with van der Waals surface area (Å²) >= 11 is 0. The van der Waals surface area contributed by atoms with Crippen molar-refractivity contribution in [2.75, 3.05) is 59.1 Å². The third-order valence-electron chi connectivity index (χ3n) is 10.6. The van der Waals surface area contributed by atoms with Crippen LogP contribution in [0.3, 0.4) is 0 Å². The van der Waals surface area contributed by atoms with Crippen LogP contribution in [0.5, 0.6) is 0 Å². The summed E-state index contributed by atoms with van der Waals surface area (Å²) in [5.74, 6) is 0.0169. The number of nitrogens with zero attached hydrogens (tertiary/aromatic N) is 2. The Kier molecular flexibility index (Phi) is 34.8. The Morgan fingerprint density at radius 2 is 1.00 bits per heavy atom. The van der Waals surface area contributed by atoms with Gasteiger partial charge in [0.15, 0.2) is 0 Å². The van der Waals surface area contributed by atoms with Gasteiger partial charge < -0.3 is 19.1 Å². The van der Waals surface area contributed by atoms with Crippen LogP contribution in [-0.2, 0) is 23.8 Å². The van der Waals surface area contributed by atoms with Crippen molar-refractivity contribution in [1.82, 2.24) is 9.80 Å². The molecule has 1 rings (SSSR count). The number of hydrogen-bond acceptors (Lipinski definition) is 7. The van der Waals surface area contributed by atoms with E-state index in [0.29, 0.717) is 19.4 Å². The quantitative estimate of drug-likeness (QED) is 0.0464. The molecule has 0 amide bonds. The fourth-order valence-corrected chi connectivity index (χ4v) is 7.14. The number of carbonyl (C=O) groups is 2. The zero-order valence-electron chi connectivity index (χ0n) is 34.4. The topological polar surface area (TPSA) is 68.3 Å². The van der Waals surface area contributed by atoms with Gasteiger partial charge in [0.05, 0.1) is 19.8 Å². The fourth-order valence-electron chi connectivity index (χ4n) is 7.14. The molecule has 1 saturated heterocycles. The Hall–Kier alpha value is -1.18. The second kappa shape index (κ2) is 37.1. The summed E-state index contributed by atoms with van der Waals surface area (Å²) in [5, 5.41) is 0. The molecule has 1 aliphatic heterocycles. The zero-order valence-corrected chi connectivity index (χ0v) is 34.4. The first-order valence-electron chi connectivity index (χ1n) is 22.5. The lowest BCUT2D eigenvalue weighted by Gasteiger charge is -2.30. The standard InChI is InChI=1S/C44H86N2O5/c1-4-7-10-13-17-23-30-42(29-22-16-11-8-5-2)51-44(48)32-25-19-15-21-27-34-45(35-36-46-37-40-49-41-38-46)33-26-20-14-18-24-31-43(47)50-39-28-12-9-6-3/h42H,4-41H2,1-3H3. The zero-order chi connectivity index (χ0) is 36.9. The van der Waals surface area contributed by atoms with Gasteiger partial charge in [-0.2, -0.15) is 0 Å². The van der Waals surface area contributed by atoms with Crippen molar-refractivity contribution in [2.24, 2.45) is 0 Å². The number of esters is 2. The first-order chi connectivity index (χ1) is 25.1. The highest BCUT2D eigenvalue weighted by atomic mass is 16.5. The lowest BCUT2D eigenvalue weighted by Crippen LogP contribution is -2.41. The van der Waals surface area contributed by atoms with E-state index in [1.807, 2.05) is 0 Å². The molecular formula is C44H86N2O5. The summed E-state index contributed by atoms with van der Waals surface area (Å²) < 4.78 is 17.0. The number of rotatable bonds is 38. The molecule has 1 aliphatic rings. The number of carbonyl (C=O) groups excluding carboxylic acids is 2. The maximum atomic E-state index is 12.8. The van der Waals surface area contributed by atoms with E-state index in [9.17, 15) is 9.59 Å².